The molecule has 0 saturated heterocycles. The predicted molar refractivity (Wildman–Crippen MR) is 64.3 cm³/mol. The monoisotopic (exact) mass is 237 g/mol. The predicted octanol–water partition coefficient (Wildman–Crippen LogP) is 2.21. The molecular weight excluding hydrogens is 226 g/mol. The zero-order chi connectivity index (χ0) is 11.5. The molecule has 0 aliphatic rings. The minimum Gasteiger partial charge on any atom is -0.399 e. The number of anilines is 2. The van der Waals surface area contributed by atoms with Crippen molar-refractivity contribution in [2.75, 3.05) is 11.1 Å². The second-order valence-electron chi connectivity index (χ2n) is 3.45. The van der Waals surface area contributed by atoms with E-state index in [1.807, 2.05) is 6.92 Å². The Hall–Kier alpha value is -1.75. The van der Waals surface area contributed by atoms with E-state index >= 15 is 0 Å². The van der Waals surface area contributed by atoms with Crippen molar-refractivity contribution in [1.82, 2.24) is 15.0 Å². The normalized spacial score (nSPS) is 12.4. The standard InChI is InChI=1S/C10H12ClN5/c1-6(10-13-2-3-14-10)15-9-5-7(12)4-8(11)16-9/h2-6H,1H3,(H,13,14)(H3,12,15,16). The number of nitrogens with zero attached hydrogens (tertiary/aromatic N) is 2. The molecule has 0 aromatic carbocycles. The van der Waals surface area contributed by atoms with Gasteiger partial charge in [0.15, 0.2) is 0 Å². The lowest BCUT2D eigenvalue weighted by molar-refractivity contribution is 0.804. The summed E-state index contributed by atoms with van der Waals surface area (Å²) >= 11 is 5.80. The van der Waals surface area contributed by atoms with Gasteiger partial charge in [-0.3, -0.25) is 0 Å². The van der Waals surface area contributed by atoms with Crippen molar-refractivity contribution in [2.24, 2.45) is 0 Å². The number of imidazole rings is 1. The molecule has 2 aromatic rings. The minimum absolute atomic E-state index is 0.0142. The number of hydrogen-bond acceptors (Lipinski definition) is 4. The van der Waals surface area contributed by atoms with Crippen LogP contribution in [0.25, 0.3) is 0 Å². The lowest BCUT2D eigenvalue weighted by Crippen LogP contribution is -2.09. The van der Waals surface area contributed by atoms with Gasteiger partial charge in [0.25, 0.3) is 0 Å². The lowest BCUT2D eigenvalue weighted by atomic mass is 10.3. The molecule has 4 N–H and O–H groups in total. The van der Waals surface area contributed by atoms with Crippen LogP contribution in [0.2, 0.25) is 5.15 Å². The van der Waals surface area contributed by atoms with Gasteiger partial charge in [0.2, 0.25) is 0 Å². The van der Waals surface area contributed by atoms with Crippen molar-refractivity contribution in [2.45, 2.75) is 13.0 Å². The average molecular weight is 238 g/mol. The second kappa shape index (κ2) is 4.40. The molecule has 0 aliphatic heterocycles. The van der Waals surface area contributed by atoms with Crippen molar-refractivity contribution >= 4 is 23.1 Å². The summed E-state index contributed by atoms with van der Waals surface area (Å²) in [6, 6.07) is 3.34. The van der Waals surface area contributed by atoms with E-state index in [9.17, 15) is 0 Å². The van der Waals surface area contributed by atoms with Crippen molar-refractivity contribution in [1.29, 1.82) is 0 Å². The zero-order valence-electron chi connectivity index (χ0n) is 8.74. The third-order valence-corrected chi connectivity index (χ3v) is 2.30. The fourth-order valence-electron chi connectivity index (χ4n) is 1.40. The van der Waals surface area contributed by atoms with E-state index in [-0.39, 0.29) is 6.04 Å². The van der Waals surface area contributed by atoms with Gasteiger partial charge in [0.1, 0.15) is 16.8 Å². The largest absolute Gasteiger partial charge is 0.399 e. The lowest BCUT2D eigenvalue weighted by Gasteiger charge is -2.12. The average Bonchev–Trinajstić information content (AvgIpc) is 2.68. The van der Waals surface area contributed by atoms with E-state index in [1.165, 1.54) is 0 Å². The molecule has 0 amide bonds. The number of nitrogens with one attached hydrogen (secondary N) is 2. The molecule has 0 bridgehead atoms. The molecular formula is C10H12ClN5. The third-order valence-electron chi connectivity index (χ3n) is 2.11. The van der Waals surface area contributed by atoms with Gasteiger partial charge in [-0.2, -0.15) is 0 Å². The fraction of sp³-hybridized carbons (Fsp3) is 0.200. The maximum absolute atomic E-state index is 5.80. The highest BCUT2D eigenvalue weighted by molar-refractivity contribution is 6.29. The summed E-state index contributed by atoms with van der Waals surface area (Å²) in [7, 11) is 0. The topological polar surface area (TPSA) is 79.6 Å². The number of H-pyrrole nitrogens is 1. The first-order chi connectivity index (χ1) is 7.65. The summed E-state index contributed by atoms with van der Waals surface area (Å²) in [5.74, 6) is 1.47. The highest BCUT2D eigenvalue weighted by Crippen LogP contribution is 2.19. The number of nitrogen functional groups attached to an aromatic ring is 1. The molecule has 2 heterocycles. The van der Waals surface area contributed by atoms with Crippen LogP contribution in [-0.4, -0.2) is 15.0 Å². The second-order valence-corrected chi connectivity index (χ2v) is 3.84. The van der Waals surface area contributed by atoms with E-state index in [0.717, 1.165) is 5.82 Å². The Labute approximate surface area is 98.1 Å². The summed E-state index contributed by atoms with van der Waals surface area (Å²) in [6.07, 6.45) is 3.47. The molecule has 5 nitrogen and oxygen atoms in total. The Kier molecular flexibility index (Phi) is 2.96. The molecule has 0 spiro atoms. The highest BCUT2D eigenvalue weighted by atomic mass is 35.5. The molecule has 2 aromatic heterocycles. The molecule has 0 fully saturated rings. The quantitative estimate of drug-likeness (QED) is 0.715. The molecule has 0 radical (unpaired) electrons. The smallest absolute Gasteiger partial charge is 0.133 e. The number of aromatic nitrogens is 3. The Morgan fingerprint density at radius 2 is 2.31 bits per heavy atom. The van der Waals surface area contributed by atoms with Crippen LogP contribution in [-0.2, 0) is 0 Å². The Morgan fingerprint density at radius 3 is 2.94 bits per heavy atom. The highest BCUT2D eigenvalue weighted by Gasteiger charge is 2.08. The van der Waals surface area contributed by atoms with Gasteiger partial charge in [-0.15, -0.1) is 0 Å². The van der Waals surface area contributed by atoms with Crippen molar-refractivity contribution in [3.05, 3.63) is 35.5 Å². The number of pyridine rings is 1. The van der Waals surface area contributed by atoms with Gasteiger partial charge in [0.05, 0.1) is 6.04 Å². The van der Waals surface area contributed by atoms with Gasteiger partial charge >= 0.3 is 0 Å². The van der Waals surface area contributed by atoms with Crippen molar-refractivity contribution in [3.8, 4) is 0 Å². The molecule has 0 saturated carbocycles. The van der Waals surface area contributed by atoms with Crippen molar-refractivity contribution in [3.63, 3.8) is 0 Å². The van der Waals surface area contributed by atoms with Gasteiger partial charge in [-0.25, -0.2) is 9.97 Å². The van der Waals surface area contributed by atoms with E-state index in [0.29, 0.717) is 16.7 Å². The van der Waals surface area contributed by atoms with Gasteiger partial charge in [0, 0.05) is 24.1 Å². The zero-order valence-corrected chi connectivity index (χ0v) is 9.49. The molecule has 84 valence electrons. The fourth-order valence-corrected chi connectivity index (χ4v) is 1.61. The van der Waals surface area contributed by atoms with E-state index in [2.05, 4.69) is 20.3 Å². The molecule has 2 rings (SSSR count). The van der Waals surface area contributed by atoms with Crippen LogP contribution >= 0.6 is 11.6 Å². The summed E-state index contributed by atoms with van der Waals surface area (Å²) in [5.41, 5.74) is 6.24. The van der Waals surface area contributed by atoms with Crippen LogP contribution in [0.4, 0.5) is 11.5 Å². The third kappa shape index (κ3) is 2.43. The SMILES string of the molecule is CC(Nc1cc(N)cc(Cl)n1)c1ncc[nH]1. The van der Waals surface area contributed by atoms with Gasteiger partial charge in [-0.05, 0) is 13.0 Å². The first-order valence-corrected chi connectivity index (χ1v) is 5.22. The van der Waals surface area contributed by atoms with E-state index in [1.54, 1.807) is 24.5 Å². The minimum atomic E-state index is 0.0142. The Bertz CT molecular complexity index is 448. The van der Waals surface area contributed by atoms with Crippen LogP contribution in [0.1, 0.15) is 18.8 Å². The molecule has 1 atom stereocenters. The number of nitrogens with two attached hydrogens (primary N) is 1. The Morgan fingerprint density at radius 1 is 1.50 bits per heavy atom. The van der Waals surface area contributed by atoms with Gasteiger partial charge < -0.3 is 16.0 Å². The number of aromatic amines is 1. The molecule has 1 unspecified atom stereocenters. The first kappa shape index (κ1) is 10.8. The number of rotatable bonds is 3. The van der Waals surface area contributed by atoms with Crippen LogP contribution in [0.15, 0.2) is 24.5 Å². The summed E-state index contributed by atoms with van der Waals surface area (Å²) in [4.78, 5) is 11.3. The Balaban J connectivity index is 2.15. The summed E-state index contributed by atoms with van der Waals surface area (Å²) in [6.45, 7) is 1.97. The molecule has 0 aliphatic carbocycles. The molecule has 6 heteroatoms. The summed E-state index contributed by atoms with van der Waals surface area (Å²) in [5, 5.41) is 3.53. The van der Waals surface area contributed by atoms with Crippen LogP contribution in [0.3, 0.4) is 0 Å². The van der Waals surface area contributed by atoms with Crippen LogP contribution in [0, 0.1) is 0 Å². The maximum atomic E-state index is 5.80. The first-order valence-electron chi connectivity index (χ1n) is 4.84. The van der Waals surface area contributed by atoms with E-state index < -0.39 is 0 Å². The van der Waals surface area contributed by atoms with Crippen LogP contribution in [0.5, 0.6) is 0 Å². The molecule has 16 heavy (non-hydrogen) atoms. The summed E-state index contributed by atoms with van der Waals surface area (Å²) < 4.78 is 0. The van der Waals surface area contributed by atoms with Gasteiger partial charge in [-0.1, -0.05) is 11.6 Å². The number of hydrogen-bond donors (Lipinski definition) is 3. The van der Waals surface area contributed by atoms with Crippen LogP contribution < -0.4 is 11.1 Å². The maximum Gasteiger partial charge on any atom is 0.133 e. The van der Waals surface area contributed by atoms with E-state index in [4.69, 9.17) is 17.3 Å². The number of halogens is 1. The van der Waals surface area contributed by atoms with Crippen molar-refractivity contribution < 1.29 is 0 Å².